The summed E-state index contributed by atoms with van der Waals surface area (Å²) in [6.45, 7) is 4.09. The van der Waals surface area contributed by atoms with Gasteiger partial charge in [0.15, 0.2) is 0 Å². The topological polar surface area (TPSA) is 49.3 Å². The van der Waals surface area contributed by atoms with E-state index in [9.17, 15) is 9.90 Å². The number of hydrogen-bond acceptors (Lipinski definition) is 5. The average molecular weight is 309 g/mol. The molecule has 0 atom stereocenters. The highest BCUT2D eigenvalue weighted by molar-refractivity contribution is 7.80. The van der Waals surface area contributed by atoms with Gasteiger partial charge in [0.2, 0.25) is 0 Å². The van der Waals surface area contributed by atoms with Gasteiger partial charge in [-0.1, -0.05) is 45.0 Å². The van der Waals surface area contributed by atoms with Crippen molar-refractivity contribution in [2.24, 2.45) is 0 Å². The minimum atomic E-state index is -0.923. The number of carbonyl (C=O) groups is 1. The van der Waals surface area contributed by atoms with Crippen LogP contribution < -0.4 is 5.32 Å². The van der Waals surface area contributed by atoms with Gasteiger partial charge in [-0.25, -0.2) is 4.79 Å². The SMILES string of the molecule is CC1(C)Nc2c(C(=O)O)cccc2-c2c1ssc2=S. The van der Waals surface area contributed by atoms with Crippen LogP contribution in [0.15, 0.2) is 18.2 Å². The van der Waals surface area contributed by atoms with Crippen LogP contribution in [0.2, 0.25) is 0 Å². The summed E-state index contributed by atoms with van der Waals surface area (Å²) in [5.41, 5.74) is 2.58. The minimum Gasteiger partial charge on any atom is -0.478 e. The van der Waals surface area contributed by atoms with Crippen molar-refractivity contribution < 1.29 is 9.90 Å². The molecular weight excluding hydrogens is 298 g/mol. The number of nitrogens with one attached hydrogen (secondary N) is 1. The average Bonchev–Trinajstić information content (AvgIpc) is 2.71. The van der Waals surface area contributed by atoms with E-state index in [0.717, 1.165) is 15.0 Å². The largest absolute Gasteiger partial charge is 0.478 e. The highest BCUT2D eigenvalue weighted by Gasteiger charge is 2.35. The highest BCUT2D eigenvalue weighted by Crippen LogP contribution is 2.49. The zero-order valence-electron chi connectivity index (χ0n) is 10.3. The van der Waals surface area contributed by atoms with E-state index < -0.39 is 5.97 Å². The van der Waals surface area contributed by atoms with Crippen molar-refractivity contribution >= 4 is 44.6 Å². The molecule has 1 aliphatic rings. The summed E-state index contributed by atoms with van der Waals surface area (Å²) in [6, 6.07) is 5.31. The zero-order chi connectivity index (χ0) is 13.8. The fraction of sp³-hybridized carbons (Fsp3) is 0.231. The molecule has 1 aliphatic heterocycles. The van der Waals surface area contributed by atoms with E-state index in [4.69, 9.17) is 12.2 Å². The molecular formula is C13H11NO2S3. The van der Waals surface area contributed by atoms with E-state index in [1.54, 1.807) is 32.8 Å². The number of carboxylic acids is 1. The van der Waals surface area contributed by atoms with Gasteiger partial charge in [-0.2, -0.15) is 0 Å². The van der Waals surface area contributed by atoms with Gasteiger partial charge in [0.1, 0.15) is 3.82 Å². The van der Waals surface area contributed by atoms with Crippen molar-refractivity contribution in [3.05, 3.63) is 32.5 Å². The van der Waals surface area contributed by atoms with Crippen molar-refractivity contribution in [1.29, 1.82) is 0 Å². The molecule has 2 N–H and O–H groups in total. The van der Waals surface area contributed by atoms with Crippen LogP contribution in [0.25, 0.3) is 11.1 Å². The Morgan fingerprint density at radius 2 is 2.11 bits per heavy atom. The minimum absolute atomic E-state index is 0.293. The lowest BCUT2D eigenvalue weighted by Gasteiger charge is -2.34. The number of anilines is 1. The molecule has 2 heterocycles. The molecule has 0 saturated carbocycles. The molecule has 1 aromatic carbocycles. The number of rotatable bonds is 1. The van der Waals surface area contributed by atoms with E-state index in [2.05, 4.69) is 5.32 Å². The summed E-state index contributed by atoms with van der Waals surface area (Å²) < 4.78 is 0.832. The number of benzene rings is 1. The molecule has 98 valence electrons. The molecule has 2 aromatic rings. The van der Waals surface area contributed by atoms with Crippen molar-refractivity contribution in [2.75, 3.05) is 5.32 Å². The van der Waals surface area contributed by atoms with Gasteiger partial charge >= 0.3 is 5.97 Å². The second kappa shape index (κ2) is 4.13. The second-order valence-electron chi connectivity index (χ2n) is 4.94. The number of carboxylic acid groups (broad SMARTS) is 1. The molecule has 0 amide bonds. The third-order valence-electron chi connectivity index (χ3n) is 3.20. The number of hydrogen-bond donors (Lipinski definition) is 2. The summed E-state index contributed by atoms with van der Waals surface area (Å²) >= 11 is 5.41. The maximum absolute atomic E-state index is 11.4. The van der Waals surface area contributed by atoms with E-state index in [0.29, 0.717) is 11.3 Å². The van der Waals surface area contributed by atoms with Crippen LogP contribution in [0.3, 0.4) is 0 Å². The Labute approximate surface area is 122 Å². The lowest BCUT2D eigenvalue weighted by Crippen LogP contribution is -2.31. The standard InChI is InChI=1S/C13H11NO2S3/c1-13(2)10-8(12(17)19-18-10)6-4-3-5-7(11(15)16)9(6)14-13/h3-5,14H,1-2H3,(H,15,16). The molecule has 0 aliphatic carbocycles. The Hall–Kier alpha value is -1.24. The molecule has 0 fully saturated rings. The van der Waals surface area contributed by atoms with Crippen LogP contribution in [0.4, 0.5) is 5.69 Å². The van der Waals surface area contributed by atoms with E-state index in [1.807, 2.05) is 19.9 Å². The van der Waals surface area contributed by atoms with Crippen LogP contribution in [0, 0.1) is 3.82 Å². The van der Waals surface area contributed by atoms with E-state index in [1.165, 1.54) is 4.88 Å². The predicted molar refractivity (Wildman–Crippen MR) is 82.1 cm³/mol. The Morgan fingerprint density at radius 3 is 2.79 bits per heavy atom. The molecule has 19 heavy (non-hydrogen) atoms. The summed E-state index contributed by atoms with van der Waals surface area (Å²) in [6.07, 6.45) is 0. The first-order chi connectivity index (χ1) is 8.92. The molecule has 3 nitrogen and oxygen atoms in total. The summed E-state index contributed by atoms with van der Waals surface area (Å²) in [5, 5.41) is 12.7. The van der Waals surface area contributed by atoms with Gasteiger partial charge in [-0.3, -0.25) is 0 Å². The van der Waals surface area contributed by atoms with Gasteiger partial charge in [0, 0.05) is 11.1 Å². The number of aromatic carboxylic acids is 1. The Balaban J connectivity index is 2.40. The van der Waals surface area contributed by atoms with Crippen molar-refractivity contribution in [3.63, 3.8) is 0 Å². The fourth-order valence-corrected chi connectivity index (χ4v) is 5.61. The molecule has 0 unspecified atom stereocenters. The van der Waals surface area contributed by atoms with Crippen LogP contribution in [-0.4, -0.2) is 11.1 Å². The second-order valence-corrected chi connectivity index (χ2v) is 7.76. The Morgan fingerprint density at radius 1 is 1.37 bits per heavy atom. The fourth-order valence-electron chi connectivity index (χ4n) is 2.35. The van der Waals surface area contributed by atoms with Gasteiger partial charge in [0.05, 0.1) is 21.7 Å². The highest BCUT2D eigenvalue weighted by atomic mass is 32.9. The molecule has 3 rings (SSSR count). The normalized spacial score (nSPS) is 15.3. The lowest BCUT2D eigenvalue weighted by molar-refractivity contribution is 0.0698. The summed E-state index contributed by atoms with van der Waals surface area (Å²) in [5.74, 6) is -0.923. The number of para-hydroxylation sites is 1. The predicted octanol–water partition coefficient (Wildman–Crippen LogP) is 4.56. The van der Waals surface area contributed by atoms with E-state index in [-0.39, 0.29) is 5.54 Å². The maximum Gasteiger partial charge on any atom is 0.337 e. The quantitative estimate of drug-likeness (QED) is 0.598. The molecule has 0 spiro atoms. The van der Waals surface area contributed by atoms with Crippen molar-refractivity contribution in [2.45, 2.75) is 19.4 Å². The van der Waals surface area contributed by atoms with Crippen LogP contribution in [0.1, 0.15) is 29.1 Å². The van der Waals surface area contributed by atoms with Crippen LogP contribution in [-0.2, 0) is 5.54 Å². The summed E-state index contributed by atoms with van der Waals surface area (Å²) in [7, 11) is 3.23. The monoisotopic (exact) mass is 309 g/mol. The molecule has 0 saturated heterocycles. The van der Waals surface area contributed by atoms with Gasteiger partial charge in [0.25, 0.3) is 0 Å². The molecule has 1 aromatic heterocycles. The van der Waals surface area contributed by atoms with Gasteiger partial charge in [-0.15, -0.1) is 0 Å². The first-order valence-corrected chi connectivity index (χ1v) is 8.26. The van der Waals surface area contributed by atoms with E-state index >= 15 is 0 Å². The first kappa shape index (κ1) is 12.8. The Kier molecular flexibility index (Phi) is 2.78. The van der Waals surface area contributed by atoms with Crippen LogP contribution >= 0.6 is 32.9 Å². The summed E-state index contributed by atoms with van der Waals surface area (Å²) in [4.78, 5) is 12.5. The third kappa shape index (κ3) is 1.82. The van der Waals surface area contributed by atoms with Crippen molar-refractivity contribution in [3.8, 4) is 11.1 Å². The first-order valence-electron chi connectivity index (χ1n) is 5.70. The smallest absolute Gasteiger partial charge is 0.337 e. The Bertz CT molecular complexity index is 743. The third-order valence-corrected chi connectivity index (χ3v) is 6.54. The van der Waals surface area contributed by atoms with Crippen LogP contribution in [0.5, 0.6) is 0 Å². The zero-order valence-corrected chi connectivity index (χ0v) is 12.8. The number of fused-ring (bicyclic) bond motifs is 3. The van der Waals surface area contributed by atoms with Crippen molar-refractivity contribution in [1.82, 2.24) is 0 Å². The lowest BCUT2D eigenvalue weighted by atomic mass is 9.88. The molecule has 0 radical (unpaired) electrons. The molecule has 6 heteroatoms. The van der Waals surface area contributed by atoms with Gasteiger partial charge < -0.3 is 10.4 Å². The van der Waals surface area contributed by atoms with Gasteiger partial charge in [-0.05, 0) is 19.9 Å². The maximum atomic E-state index is 11.4. The molecule has 0 bridgehead atoms.